The van der Waals surface area contributed by atoms with Crippen molar-refractivity contribution in [2.75, 3.05) is 33.2 Å². The van der Waals surface area contributed by atoms with E-state index in [1.807, 2.05) is 19.3 Å². The molecule has 3 atom stereocenters. The summed E-state index contributed by atoms with van der Waals surface area (Å²) < 4.78 is 0. The fraction of sp³-hybridized carbons (Fsp3) is 0.593. The number of hydrogen-bond donors (Lipinski definition) is 3. The van der Waals surface area contributed by atoms with Gasteiger partial charge in [-0.3, -0.25) is 4.98 Å². The number of piperazine rings is 1. The third-order valence-corrected chi connectivity index (χ3v) is 6.58. The third kappa shape index (κ3) is 6.45. The summed E-state index contributed by atoms with van der Waals surface area (Å²) in [5.74, 6) is 2.91. The van der Waals surface area contributed by atoms with Gasteiger partial charge in [-0.2, -0.15) is 0 Å². The summed E-state index contributed by atoms with van der Waals surface area (Å²) in [5, 5.41) is 10.4. The number of nitrogens with one attached hydrogen (secondary N) is 3. The number of hydrogen-bond acceptors (Lipinski definition) is 5. The quantitative estimate of drug-likeness (QED) is 0.635. The highest BCUT2D eigenvalue weighted by atomic mass is 15.2. The monoisotopic (exact) mass is 435 g/mol. The van der Waals surface area contributed by atoms with Crippen LogP contribution in [0.25, 0.3) is 0 Å². The Hall–Kier alpha value is -2.13. The molecule has 1 aromatic rings. The molecule has 3 aliphatic rings. The Morgan fingerprint density at radius 3 is 2.69 bits per heavy atom. The average Bonchev–Trinajstić information content (AvgIpc) is 2.80. The number of fused-ring (bicyclic) bond motifs is 1. The minimum Gasteiger partial charge on any atom is -0.368 e. The van der Waals surface area contributed by atoms with E-state index in [0.29, 0.717) is 18.1 Å². The first-order valence-corrected chi connectivity index (χ1v) is 12.2. The van der Waals surface area contributed by atoms with Gasteiger partial charge in [0, 0.05) is 67.5 Å². The summed E-state index contributed by atoms with van der Waals surface area (Å²) in [5.41, 5.74) is 6.59. The summed E-state index contributed by atoms with van der Waals surface area (Å²) >= 11 is 0. The number of allylic oxidation sites excluding steroid dienone is 2. The molecule has 2 aliphatic heterocycles. The van der Waals surface area contributed by atoms with Crippen LogP contribution in [0.3, 0.4) is 0 Å². The molecule has 1 saturated heterocycles. The predicted molar refractivity (Wildman–Crippen MR) is 134 cm³/mol. The van der Waals surface area contributed by atoms with Gasteiger partial charge in [0.1, 0.15) is 0 Å². The van der Waals surface area contributed by atoms with Crippen molar-refractivity contribution in [2.45, 2.75) is 71.0 Å². The molecule has 1 aliphatic carbocycles. The molecule has 1 aromatic heterocycles. The van der Waals surface area contributed by atoms with Crippen LogP contribution in [0.2, 0.25) is 0 Å². The number of likely N-dealkylation sites (N-methyl/N-ethyl adjacent to an activating group) is 1. The van der Waals surface area contributed by atoms with Gasteiger partial charge in [-0.1, -0.05) is 18.1 Å². The molecule has 32 heavy (non-hydrogen) atoms. The summed E-state index contributed by atoms with van der Waals surface area (Å²) in [4.78, 5) is 6.82. The van der Waals surface area contributed by atoms with Crippen LogP contribution in [0.1, 0.15) is 51.3 Å². The lowest BCUT2D eigenvalue weighted by Gasteiger charge is -2.41. The summed E-state index contributed by atoms with van der Waals surface area (Å²) in [6.07, 6.45) is 16.0. The lowest BCUT2D eigenvalue weighted by atomic mass is 9.92. The second-order valence-electron chi connectivity index (χ2n) is 9.31. The van der Waals surface area contributed by atoms with Crippen molar-refractivity contribution in [2.24, 2.45) is 0 Å². The van der Waals surface area contributed by atoms with Crippen LogP contribution in [0.4, 0.5) is 0 Å². The summed E-state index contributed by atoms with van der Waals surface area (Å²) in [6.45, 7) is 10.5. The van der Waals surface area contributed by atoms with Crippen molar-refractivity contribution in [1.82, 2.24) is 25.8 Å². The van der Waals surface area contributed by atoms with Crippen molar-refractivity contribution < 1.29 is 0 Å². The van der Waals surface area contributed by atoms with Crippen molar-refractivity contribution in [1.29, 1.82) is 0 Å². The van der Waals surface area contributed by atoms with E-state index in [-0.39, 0.29) is 0 Å². The van der Waals surface area contributed by atoms with Crippen molar-refractivity contribution in [3.63, 3.8) is 0 Å². The molecule has 0 bridgehead atoms. The highest BCUT2D eigenvalue weighted by molar-refractivity contribution is 5.45. The zero-order valence-corrected chi connectivity index (χ0v) is 20.4. The summed E-state index contributed by atoms with van der Waals surface area (Å²) in [7, 11) is 2.00. The fourth-order valence-corrected chi connectivity index (χ4v) is 5.19. The molecule has 5 heteroatoms. The number of terminal acetylenes is 1. The smallest absolute Gasteiger partial charge is 0.0435 e. The molecule has 174 valence electrons. The van der Waals surface area contributed by atoms with Crippen LogP contribution in [-0.4, -0.2) is 61.2 Å². The molecule has 2 unspecified atom stereocenters. The zero-order valence-electron chi connectivity index (χ0n) is 20.4. The van der Waals surface area contributed by atoms with Gasteiger partial charge >= 0.3 is 0 Å². The standard InChI is InChI=1S/C18H30N4.C9H11N/c1-6-15-9-20-16(10-19-5)8-17(15)18(7-2)22-11-13(3)21-14(4)12-22;1-2-6-9-8(4-1)5-3-7-10-9/h1,7,13-14,16,19-21H,8-12H2,2-5H3;3,5,7H,1-2,4,6H2/b18-7+;/t13?,14?,16-;/m0./s1. The second-order valence-corrected chi connectivity index (χ2v) is 9.31. The Morgan fingerprint density at radius 1 is 1.28 bits per heavy atom. The van der Waals surface area contributed by atoms with E-state index in [9.17, 15) is 0 Å². The van der Waals surface area contributed by atoms with E-state index in [1.165, 1.54) is 48.2 Å². The van der Waals surface area contributed by atoms with Crippen LogP contribution >= 0.6 is 0 Å². The van der Waals surface area contributed by atoms with Gasteiger partial charge in [0.25, 0.3) is 0 Å². The number of aromatic nitrogens is 1. The van der Waals surface area contributed by atoms with E-state index < -0.39 is 0 Å². The number of pyridine rings is 1. The Bertz CT molecular complexity index is 815. The average molecular weight is 436 g/mol. The second kappa shape index (κ2) is 12.2. The molecular weight excluding hydrogens is 394 g/mol. The Labute approximate surface area is 195 Å². The fourth-order valence-electron chi connectivity index (χ4n) is 5.19. The summed E-state index contributed by atoms with van der Waals surface area (Å²) in [6, 6.07) is 5.68. The first-order chi connectivity index (χ1) is 15.5. The molecule has 0 radical (unpaired) electrons. The van der Waals surface area contributed by atoms with Gasteiger partial charge in [-0.25, -0.2) is 0 Å². The molecule has 3 N–H and O–H groups in total. The lowest BCUT2D eigenvalue weighted by molar-refractivity contribution is 0.216. The van der Waals surface area contributed by atoms with Gasteiger partial charge in [0.2, 0.25) is 0 Å². The molecule has 0 aromatic carbocycles. The van der Waals surface area contributed by atoms with Crippen LogP contribution < -0.4 is 16.0 Å². The van der Waals surface area contributed by atoms with E-state index in [0.717, 1.165) is 38.2 Å². The highest BCUT2D eigenvalue weighted by Crippen LogP contribution is 2.28. The molecular formula is C27H41N5. The maximum atomic E-state index is 5.77. The van der Waals surface area contributed by atoms with Crippen molar-refractivity contribution in [3.05, 3.63) is 52.5 Å². The third-order valence-electron chi connectivity index (χ3n) is 6.58. The van der Waals surface area contributed by atoms with Gasteiger partial charge in [0.05, 0.1) is 0 Å². The predicted octanol–water partition coefficient (Wildman–Crippen LogP) is 3.04. The van der Waals surface area contributed by atoms with Gasteiger partial charge < -0.3 is 20.9 Å². The maximum absolute atomic E-state index is 5.77. The molecule has 0 spiro atoms. The van der Waals surface area contributed by atoms with E-state index in [2.05, 4.69) is 64.7 Å². The van der Waals surface area contributed by atoms with E-state index in [4.69, 9.17) is 6.42 Å². The number of nitrogens with zero attached hydrogens (tertiary/aromatic N) is 2. The SMILES string of the molecule is C#CC1=C(/C(=C\C)N2CC(C)NC(C)C2)C[C@@H](CNC)NC1.c1cnc2c(c1)CCCC2. The zero-order chi connectivity index (χ0) is 22.9. The Balaban J connectivity index is 0.000000238. The van der Waals surface area contributed by atoms with Gasteiger partial charge in [-0.15, -0.1) is 6.42 Å². The van der Waals surface area contributed by atoms with Crippen LogP contribution in [0, 0.1) is 12.3 Å². The minimum atomic E-state index is 0.449. The Kier molecular flexibility index (Phi) is 9.35. The number of aryl methyl sites for hydroxylation is 2. The highest BCUT2D eigenvalue weighted by Gasteiger charge is 2.28. The van der Waals surface area contributed by atoms with Crippen LogP contribution in [0.15, 0.2) is 41.2 Å². The van der Waals surface area contributed by atoms with E-state index >= 15 is 0 Å². The van der Waals surface area contributed by atoms with Crippen LogP contribution in [-0.2, 0) is 12.8 Å². The number of rotatable bonds is 4. The first-order valence-electron chi connectivity index (χ1n) is 12.2. The van der Waals surface area contributed by atoms with E-state index in [1.54, 1.807) is 0 Å². The molecule has 1 fully saturated rings. The normalized spacial score (nSPS) is 26.0. The first kappa shape index (κ1) is 24.5. The Morgan fingerprint density at radius 2 is 2.03 bits per heavy atom. The largest absolute Gasteiger partial charge is 0.368 e. The molecule has 4 rings (SSSR count). The van der Waals surface area contributed by atoms with Crippen molar-refractivity contribution in [3.8, 4) is 12.3 Å². The lowest BCUT2D eigenvalue weighted by Crippen LogP contribution is -2.54. The molecule has 0 amide bonds. The molecule has 5 nitrogen and oxygen atoms in total. The maximum Gasteiger partial charge on any atom is 0.0435 e. The molecule has 3 heterocycles. The van der Waals surface area contributed by atoms with Gasteiger partial charge in [0.15, 0.2) is 0 Å². The van der Waals surface area contributed by atoms with Crippen molar-refractivity contribution >= 4 is 0 Å². The molecule has 0 saturated carbocycles. The van der Waals surface area contributed by atoms with Crippen LogP contribution in [0.5, 0.6) is 0 Å². The van der Waals surface area contributed by atoms with Gasteiger partial charge in [-0.05, 0) is 77.1 Å². The topological polar surface area (TPSA) is 52.2 Å². The minimum absolute atomic E-state index is 0.449.